The predicted molar refractivity (Wildman–Crippen MR) is 164 cm³/mol. The monoisotopic (exact) mass is 559 g/mol. The van der Waals surface area contributed by atoms with E-state index in [0.29, 0.717) is 48.1 Å². The Morgan fingerprint density at radius 3 is 2.02 bits per heavy atom. The quantitative estimate of drug-likeness (QED) is 0.311. The molecule has 0 aromatic heterocycles. The number of nitrogens with zero attached hydrogens (tertiary/aromatic N) is 2. The third kappa shape index (κ3) is 8.02. The number of carbonyl (C=O) groups is 1. The number of piperidine rings is 1. The third-order valence-electron chi connectivity index (χ3n) is 8.24. The van der Waals surface area contributed by atoms with Gasteiger partial charge in [-0.2, -0.15) is 0 Å². The average Bonchev–Trinajstić information content (AvgIpc) is 3.01. The van der Waals surface area contributed by atoms with Gasteiger partial charge in [-0.1, -0.05) is 60.7 Å². The molecule has 0 aliphatic carbocycles. The van der Waals surface area contributed by atoms with Gasteiger partial charge in [0.15, 0.2) is 11.5 Å². The van der Waals surface area contributed by atoms with Crippen LogP contribution in [0, 0.1) is 5.92 Å². The van der Waals surface area contributed by atoms with Gasteiger partial charge in [0.2, 0.25) is 11.7 Å². The van der Waals surface area contributed by atoms with E-state index in [1.54, 1.807) is 21.3 Å². The molecule has 0 unspecified atom stereocenters. The number of hydrogen-bond acceptors (Lipinski definition) is 6. The maximum atomic E-state index is 13.0. The number of rotatable bonds is 13. The van der Waals surface area contributed by atoms with E-state index in [9.17, 15) is 4.79 Å². The van der Waals surface area contributed by atoms with Gasteiger partial charge in [0.05, 0.1) is 21.3 Å². The van der Waals surface area contributed by atoms with E-state index >= 15 is 0 Å². The van der Waals surface area contributed by atoms with E-state index in [2.05, 4.69) is 89.9 Å². The van der Waals surface area contributed by atoms with E-state index in [1.807, 2.05) is 12.1 Å². The summed E-state index contributed by atoms with van der Waals surface area (Å²) in [6.45, 7) is 3.42. The minimum atomic E-state index is 0.0554. The Morgan fingerprint density at radius 1 is 0.927 bits per heavy atom. The number of nitrogens with one attached hydrogen (secondary N) is 1. The van der Waals surface area contributed by atoms with Crippen LogP contribution in [-0.4, -0.2) is 76.8 Å². The fourth-order valence-corrected chi connectivity index (χ4v) is 6.10. The van der Waals surface area contributed by atoms with Gasteiger partial charge in [0.1, 0.15) is 0 Å². The zero-order valence-electron chi connectivity index (χ0n) is 25.1. The predicted octanol–water partition coefficient (Wildman–Crippen LogP) is 5.19. The second-order valence-electron chi connectivity index (χ2n) is 11.1. The molecule has 3 aromatic carbocycles. The smallest absolute Gasteiger partial charge is 0.220 e. The second kappa shape index (κ2) is 14.9. The number of likely N-dealkylation sites (tertiary alicyclic amines) is 1. The first-order valence-electron chi connectivity index (χ1n) is 14.5. The van der Waals surface area contributed by atoms with Crippen molar-refractivity contribution in [2.75, 3.05) is 55.1 Å². The molecule has 41 heavy (non-hydrogen) atoms. The molecule has 0 saturated carbocycles. The van der Waals surface area contributed by atoms with Crippen LogP contribution in [-0.2, 0) is 11.3 Å². The van der Waals surface area contributed by atoms with Gasteiger partial charge >= 0.3 is 0 Å². The Labute approximate surface area is 245 Å². The lowest BCUT2D eigenvalue weighted by Crippen LogP contribution is -2.50. The van der Waals surface area contributed by atoms with Gasteiger partial charge in [-0.25, -0.2) is 0 Å². The summed E-state index contributed by atoms with van der Waals surface area (Å²) in [4.78, 5) is 17.9. The standard InChI is InChI=1S/C34H45N3O4/c1-36(2)30-18-19-37(24-29(26-12-8-6-9-13-26)27-14-10-7-11-15-27)23-28(30)16-17-33(38)35-22-25-20-31(39-3)34(41-5)32(21-25)40-4/h6-15,20-21,28-30H,16-19,22-24H2,1-5H3,(H,35,38)/t28-,30+/m0/s1. The van der Waals surface area contributed by atoms with Gasteiger partial charge in [0, 0.05) is 38.0 Å². The summed E-state index contributed by atoms with van der Waals surface area (Å²) in [5, 5.41) is 3.09. The van der Waals surface area contributed by atoms with Crippen molar-refractivity contribution in [2.45, 2.75) is 37.8 Å². The molecule has 1 fully saturated rings. The molecule has 1 saturated heterocycles. The number of methoxy groups -OCH3 is 3. The van der Waals surface area contributed by atoms with E-state index in [0.717, 1.165) is 38.0 Å². The Kier molecular flexibility index (Phi) is 11.0. The normalized spacial score (nSPS) is 17.4. The summed E-state index contributed by atoms with van der Waals surface area (Å²) in [6, 6.07) is 25.8. The fraction of sp³-hybridized carbons (Fsp3) is 0.441. The van der Waals surface area contributed by atoms with Crippen LogP contribution in [0.4, 0.5) is 0 Å². The van der Waals surface area contributed by atoms with E-state index < -0.39 is 0 Å². The largest absolute Gasteiger partial charge is 0.493 e. The zero-order valence-corrected chi connectivity index (χ0v) is 25.1. The molecule has 7 nitrogen and oxygen atoms in total. The van der Waals surface area contributed by atoms with Crippen LogP contribution in [0.1, 0.15) is 41.9 Å². The zero-order chi connectivity index (χ0) is 29.2. The molecule has 220 valence electrons. The highest BCUT2D eigenvalue weighted by Gasteiger charge is 2.32. The highest BCUT2D eigenvalue weighted by atomic mass is 16.5. The first kappa shape index (κ1) is 30.4. The van der Waals surface area contributed by atoms with Gasteiger partial charge in [0.25, 0.3) is 0 Å². The molecule has 4 rings (SSSR count). The maximum absolute atomic E-state index is 13.0. The molecule has 0 radical (unpaired) electrons. The van der Waals surface area contributed by atoms with Crippen molar-refractivity contribution in [3.63, 3.8) is 0 Å². The number of hydrogen-bond donors (Lipinski definition) is 1. The summed E-state index contributed by atoms with van der Waals surface area (Å²) in [5.74, 6) is 2.49. The van der Waals surface area contributed by atoms with Crippen molar-refractivity contribution in [3.8, 4) is 17.2 Å². The van der Waals surface area contributed by atoms with Crippen molar-refractivity contribution in [1.29, 1.82) is 0 Å². The second-order valence-corrected chi connectivity index (χ2v) is 11.1. The molecule has 1 amide bonds. The average molecular weight is 560 g/mol. The molecule has 1 aliphatic heterocycles. The van der Waals surface area contributed by atoms with Gasteiger partial charge in [-0.3, -0.25) is 4.79 Å². The Morgan fingerprint density at radius 2 is 1.51 bits per heavy atom. The Hall–Kier alpha value is -3.55. The van der Waals surface area contributed by atoms with E-state index in [4.69, 9.17) is 14.2 Å². The van der Waals surface area contributed by atoms with Crippen LogP contribution in [0.2, 0.25) is 0 Å². The SMILES string of the molecule is COc1cc(CNC(=O)CC[C@H]2CN(CC(c3ccccc3)c3ccccc3)CC[C@H]2N(C)C)cc(OC)c1OC. The molecule has 7 heteroatoms. The van der Waals surface area contributed by atoms with Crippen molar-refractivity contribution in [3.05, 3.63) is 89.5 Å². The molecule has 3 aromatic rings. The molecule has 1 N–H and O–H groups in total. The van der Waals surface area contributed by atoms with Crippen LogP contribution >= 0.6 is 0 Å². The van der Waals surface area contributed by atoms with Gasteiger partial charge < -0.3 is 29.3 Å². The fourth-order valence-electron chi connectivity index (χ4n) is 6.10. The van der Waals surface area contributed by atoms with Crippen LogP contribution in [0.15, 0.2) is 72.8 Å². The van der Waals surface area contributed by atoms with Crippen LogP contribution in [0.5, 0.6) is 17.2 Å². The summed E-state index contributed by atoms with van der Waals surface area (Å²) in [6.07, 6.45) is 2.44. The Bertz CT molecular complexity index is 1170. The summed E-state index contributed by atoms with van der Waals surface area (Å²) >= 11 is 0. The molecule has 0 spiro atoms. The summed E-state index contributed by atoms with van der Waals surface area (Å²) in [7, 11) is 9.09. The molecule has 0 bridgehead atoms. The summed E-state index contributed by atoms with van der Waals surface area (Å²) in [5.41, 5.74) is 3.59. The molecular weight excluding hydrogens is 514 g/mol. The first-order valence-corrected chi connectivity index (χ1v) is 14.5. The van der Waals surface area contributed by atoms with Crippen molar-refractivity contribution in [2.24, 2.45) is 5.92 Å². The number of amides is 1. The minimum Gasteiger partial charge on any atom is -0.493 e. The third-order valence-corrected chi connectivity index (χ3v) is 8.24. The highest BCUT2D eigenvalue weighted by Crippen LogP contribution is 2.38. The first-order chi connectivity index (χ1) is 19.9. The lowest BCUT2D eigenvalue weighted by Gasteiger charge is -2.43. The van der Waals surface area contributed by atoms with E-state index in [-0.39, 0.29) is 5.91 Å². The lowest BCUT2D eigenvalue weighted by molar-refractivity contribution is -0.121. The van der Waals surface area contributed by atoms with Crippen molar-refractivity contribution < 1.29 is 19.0 Å². The summed E-state index contributed by atoms with van der Waals surface area (Å²) < 4.78 is 16.3. The maximum Gasteiger partial charge on any atom is 0.220 e. The number of benzene rings is 3. The van der Waals surface area contributed by atoms with Crippen LogP contribution in [0.3, 0.4) is 0 Å². The minimum absolute atomic E-state index is 0.0554. The molecule has 2 atom stereocenters. The number of ether oxygens (including phenoxy) is 3. The molecule has 1 aliphatic rings. The topological polar surface area (TPSA) is 63.3 Å². The van der Waals surface area contributed by atoms with Crippen LogP contribution in [0.25, 0.3) is 0 Å². The van der Waals surface area contributed by atoms with Crippen molar-refractivity contribution in [1.82, 2.24) is 15.1 Å². The number of carbonyl (C=O) groups excluding carboxylic acids is 1. The van der Waals surface area contributed by atoms with Gasteiger partial charge in [-0.05, 0) is 68.2 Å². The van der Waals surface area contributed by atoms with Gasteiger partial charge in [-0.15, -0.1) is 0 Å². The molecule has 1 heterocycles. The lowest BCUT2D eigenvalue weighted by atomic mass is 9.85. The Balaban J connectivity index is 1.38. The van der Waals surface area contributed by atoms with Crippen molar-refractivity contribution >= 4 is 5.91 Å². The van der Waals surface area contributed by atoms with Crippen LogP contribution < -0.4 is 19.5 Å². The highest BCUT2D eigenvalue weighted by molar-refractivity contribution is 5.76. The molecular formula is C34H45N3O4. The van der Waals surface area contributed by atoms with E-state index in [1.165, 1.54) is 11.1 Å².